The fourth-order valence-corrected chi connectivity index (χ4v) is 2.32. The minimum atomic E-state index is -1.86. The van der Waals surface area contributed by atoms with Crippen LogP contribution in [0.25, 0.3) is 0 Å². The Bertz CT molecular complexity index is 372. The molecule has 0 saturated heterocycles. The summed E-state index contributed by atoms with van der Waals surface area (Å²) >= 11 is 1.60. The minimum Gasteiger partial charge on any atom is -0.466 e. The summed E-state index contributed by atoms with van der Waals surface area (Å²) in [7, 11) is -1.86. The molecule has 0 heterocycles. The third-order valence-electron chi connectivity index (χ3n) is 2.75. The van der Waals surface area contributed by atoms with Crippen molar-refractivity contribution in [3.05, 3.63) is 29.3 Å². The molecule has 0 aliphatic rings. The van der Waals surface area contributed by atoms with E-state index in [-0.39, 0.29) is 6.79 Å². The molecule has 1 aromatic rings. The Kier molecular flexibility index (Phi) is 7.54. The number of rotatable bonds is 7. The fourth-order valence-electron chi connectivity index (χ4n) is 1.80. The smallest absolute Gasteiger partial charge is 0.343 e. The van der Waals surface area contributed by atoms with Crippen LogP contribution in [-0.2, 0) is 7.38 Å². The van der Waals surface area contributed by atoms with Crippen molar-refractivity contribution in [3.8, 4) is 5.75 Å². The highest BCUT2D eigenvalue weighted by molar-refractivity contribution is 14.1. The number of ether oxygens (including phenoxy) is 1. The Labute approximate surface area is 130 Å². The second-order valence-corrected chi connectivity index (χ2v) is 6.83. The zero-order valence-corrected chi connectivity index (χ0v) is 14.6. The Hall–Kier alpha value is 0.0600. The van der Waals surface area contributed by atoms with Gasteiger partial charge >= 0.3 is 8.60 Å². The Balaban J connectivity index is 2.88. The second-order valence-electron chi connectivity index (χ2n) is 4.77. The number of hydrogen-bond donors (Lipinski definition) is 1. The molecule has 1 unspecified atom stereocenters. The summed E-state index contributed by atoms with van der Waals surface area (Å²) in [6.45, 7) is 8.48. The Morgan fingerprint density at radius 2 is 1.68 bits per heavy atom. The highest BCUT2D eigenvalue weighted by atomic mass is 127. The predicted molar refractivity (Wildman–Crippen MR) is 85.4 cm³/mol. The van der Waals surface area contributed by atoms with Gasteiger partial charge in [0.2, 0.25) is 0 Å². The SMILES string of the molecule is CC(C)c1cccc(C(C)C)c1OCOP(O)OI. The fraction of sp³-hybridized carbons (Fsp3) is 0.538. The lowest BCUT2D eigenvalue weighted by Crippen LogP contribution is -2.06. The van der Waals surface area contributed by atoms with E-state index in [0.717, 1.165) is 16.9 Å². The summed E-state index contributed by atoms with van der Waals surface area (Å²) in [4.78, 5) is 9.23. The van der Waals surface area contributed by atoms with Crippen molar-refractivity contribution in [1.82, 2.24) is 0 Å². The van der Waals surface area contributed by atoms with Crippen LogP contribution in [0.15, 0.2) is 18.2 Å². The van der Waals surface area contributed by atoms with Gasteiger partial charge in [0.1, 0.15) is 28.8 Å². The molecule has 0 aromatic heterocycles. The van der Waals surface area contributed by atoms with Crippen LogP contribution in [0.1, 0.15) is 50.7 Å². The van der Waals surface area contributed by atoms with Gasteiger partial charge in [-0.1, -0.05) is 45.9 Å². The monoisotopic (exact) mass is 398 g/mol. The van der Waals surface area contributed by atoms with E-state index in [1.807, 2.05) is 6.07 Å². The molecule has 1 aromatic carbocycles. The molecule has 0 radical (unpaired) electrons. The average Bonchev–Trinajstić information content (AvgIpc) is 2.37. The highest BCUT2D eigenvalue weighted by Crippen LogP contribution is 2.37. The van der Waals surface area contributed by atoms with Gasteiger partial charge < -0.3 is 9.63 Å². The van der Waals surface area contributed by atoms with E-state index < -0.39 is 8.60 Å². The molecule has 0 bridgehead atoms. The van der Waals surface area contributed by atoms with Gasteiger partial charge in [0.25, 0.3) is 0 Å². The van der Waals surface area contributed by atoms with Crippen LogP contribution in [-0.4, -0.2) is 11.7 Å². The summed E-state index contributed by atoms with van der Waals surface area (Å²) in [6, 6.07) is 6.16. The summed E-state index contributed by atoms with van der Waals surface area (Å²) in [5.74, 6) is 1.58. The molecule has 0 saturated carbocycles. The lowest BCUT2D eigenvalue weighted by Gasteiger charge is -2.20. The van der Waals surface area contributed by atoms with Crippen molar-refractivity contribution in [2.75, 3.05) is 6.79 Å². The summed E-state index contributed by atoms with van der Waals surface area (Å²) < 4.78 is 15.4. The van der Waals surface area contributed by atoms with E-state index in [9.17, 15) is 4.89 Å². The first kappa shape index (κ1) is 17.1. The number of halogens is 1. The molecule has 0 aliphatic carbocycles. The molecule has 0 amide bonds. The van der Waals surface area contributed by atoms with Crippen molar-refractivity contribution in [2.24, 2.45) is 0 Å². The van der Waals surface area contributed by atoms with Gasteiger partial charge in [0.15, 0.2) is 6.79 Å². The number of para-hydroxylation sites is 1. The standard InChI is InChI=1S/C13H20IO4P/c1-9(2)11-6-5-7-12(10(3)4)13(11)16-8-17-19(15)18-14/h5-7,9-10,15H,8H2,1-4H3. The molecule has 1 atom stereocenters. The van der Waals surface area contributed by atoms with Crippen LogP contribution in [0.3, 0.4) is 0 Å². The van der Waals surface area contributed by atoms with Crippen molar-refractivity contribution < 1.29 is 17.0 Å². The summed E-state index contributed by atoms with van der Waals surface area (Å²) in [5.41, 5.74) is 2.29. The highest BCUT2D eigenvalue weighted by Gasteiger charge is 2.15. The molecule has 108 valence electrons. The normalized spacial score (nSPS) is 13.1. The van der Waals surface area contributed by atoms with E-state index in [1.54, 1.807) is 23.0 Å². The lowest BCUT2D eigenvalue weighted by molar-refractivity contribution is 0.108. The molecule has 1 rings (SSSR count). The number of hydrogen-bond acceptors (Lipinski definition) is 4. The molecule has 0 aliphatic heterocycles. The molecule has 6 heteroatoms. The Morgan fingerprint density at radius 3 is 2.11 bits per heavy atom. The van der Waals surface area contributed by atoms with Crippen LogP contribution < -0.4 is 4.74 Å². The average molecular weight is 398 g/mol. The van der Waals surface area contributed by atoms with E-state index in [0.29, 0.717) is 11.8 Å². The van der Waals surface area contributed by atoms with Crippen molar-refractivity contribution in [3.63, 3.8) is 0 Å². The van der Waals surface area contributed by atoms with E-state index >= 15 is 0 Å². The lowest BCUT2D eigenvalue weighted by atomic mass is 9.94. The van der Waals surface area contributed by atoms with Crippen molar-refractivity contribution >= 4 is 31.6 Å². The Morgan fingerprint density at radius 1 is 1.16 bits per heavy atom. The summed E-state index contributed by atoms with van der Waals surface area (Å²) in [5, 5.41) is 0. The first-order chi connectivity index (χ1) is 8.97. The molecule has 0 fully saturated rings. The maximum Gasteiger partial charge on any atom is 0.343 e. The largest absolute Gasteiger partial charge is 0.466 e. The van der Waals surface area contributed by atoms with Crippen molar-refractivity contribution in [2.45, 2.75) is 39.5 Å². The van der Waals surface area contributed by atoms with Crippen molar-refractivity contribution in [1.29, 1.82) is 0 Å². The van der Waals surface area contributed by atoms with Gasteiger partial charge in [0.05, 0.1) is 0 Å². The zero-order chi connectivity index (χ0) is 14.4. The van der Waals surface area contributed by atoms with Gasteiger partial charge in [0, 0.05) is 0 Å². The molecule has 0 spiro atoms. The van der Waals surface area contributed by atoms with Crippen LogP contribution in [0.5, 0.6) is 5.75 Å². The molecule has 4 nitrogen and oxygen atoms in total. The number of benzene rings is 1. The van der Waals surface area contributed by atoms with Gasteiger partial charge in [-0.2, -0.15) is 0 Å². The minimum absolute atomic E-state index is 0.0192. The van der Waals surface area contributed by atoms with Gasteiger partial charge in [-0.25, -0.2) is 2.85 Å². The maximum absolute atomic E-state index is 9.23. The van der Waals surface area contributed by atoms with E-state index in [2.05, 4.69) is 42.7 Å². The van der Waals surface area contributed by atoms with Crippen LogP contribution in [0.2, 0.25) is 0 Å². The third kappa shape index (κ3) is 5.16. The van der Waals surface area contributed by atoms with Gasteiger partial charge in [-0.15, -0.1) is 0 Å². The van der Waals surface area contributed by atoms with Gasteiger partial charge in [-0.3, -0.25) is 4.52 Å². The van der Waals surface area contributed by atoms with Crippen LogP contribution >= 0.6 is 31.6 Å². The molecular formula is C13H20IO4P. The molecule has 1 N–H and O–H groups in total. The first-order valence-corrected chi connectivity index (χ1v) is 8.14. The first-order valence-electron chi connectivity index (χ1n) is 6.13. The van der Waals surface area contributed by atoms with Crippen LogP contribution in [0.4, 0.5) is 0 Å². The van der Waals surface area contributed by atoms with E-state index in [4.69, 9.17) is 9.26 Å². The molecular weight excluding hydrogens is 378 g/mol. The van der Waals surface area contributed by atoms with Crippen LogP contribution in [0, 0.1) is 0 Å². The zero-order valence-electron chi connectivity index (χ0n) is 11.6. The molecule has 19 heavy (non-hydrogen) atoms. The summed E-state index contributed by atoms with van der Waals surface area (Å²) in [6.07, 6.45) is 0. The second kappa shape index (κ2) is 8.37. The van der Waals surface area contributed by atoms with Gasteiger partial charge in [-0.05, 0) is 23.0 Å². The predicted octanol–water partition coefficient (Wildman–Crippen LogP) is 4.87. The topological polar surface area (TPSA) is 47.9 Å². The maximum atomic E-state index is 9.23. The quantitative estimate of drug-likeness (QED) is 0.405. The van der Waals surface area contributed by atoms with E-state index in [1.165, 1.54) is 0 Å². The third-order valence-corrected chi connectivity index (χ3v) is 4.20.